The van der Waals surface area contributed by atoms with Crippen LogP contribution in [0.4, 0.5) is 17.1 Å². The van der Waals surface area contributed by atoms with Crippen LogP contribution < -0.4 is 33.3 Å². The van der Waals surface area contributed by atoms with Crippen LogP contribution in [0, 0.1) is 0 Å². The first-order valence-electron chi connectivity index (χ1n) is 23.8. The van der Waals surface area contributed by atoms with Crippen molar-refractivity contribution >= 4 is 108 Å². The van der Waals surface area contributed by atoms with E-state index in [2.05, 4.69) is 82.8 Å². The Kier molecular flexibility index (Phi) is 23.5. The fourth-order valence-corrected chi connectivity index (χ4v) is 9.93. The van der Waals surface area contributed by atoms with E-state index < -0.39 is 7.12 Å². The number of nitrogens with one attached hydrogen (secondary N) is 2. The Morgan fingerprint density at radius 2 is 1.05 bits per heavy atom. The lowest BCUT2D eigenvalue weighted by Gasteiger charge is -2.32. The van der Waals surface area contributed by atoms with Crippen molar-refractivity contribution in [3.63, 3.8) is 0 Å². The predicted molar refractivity (Wildman–Crippen MR) is 326 cm³/mol. The van der Waals surface area contributed by atoms with Gasteiger partial charge in [-0.3, -0.25) is 14.6 Å². The Balaban J connectivity index is 0.000000228. The summed E-state index contributed by atoms with van der Waals surface area (Å²) in [7, 11) is -0.460. The van der Waals surface area contributed by atoms with Crippen molar-refractivity contribution in [2.75, 3.05) is 17.2 Å². The van der Waals surface area contributed by atoms with E-state index in [0.717, 1.165) is 54.0 Å². The Morgan fingerprint density at radius 1 is 0.592 bits per heavy atom. The van der Waals surface area contributed by atoms with E-state index in [4.69, 9.17) is 61.3 Å². The molecule has 0 unspecified atom stereocenters. The standard InChI is InChI=1S/C22H20ClN3O.C16H15BrN2O.C12H17BClNO2.C6H5BrClN.3CH4/c23-16-8-9-19(24)18(13-16)21-12-15(10-11-25-21)22(27)26-20-7-3-5-14-4-1-2-6-17(14)20;17-15-10-12(8-9-18-15)16(20)19-14-7-3-5-11-4-1-2-6-13(11)14;1-11(2)12(3,4)17-13(16-11)9-7-8(14)5-6-10(9)15;7-5-3-4(8)1-2-6(5)9;;;/h1-2,4,6,8-13,20H,3,5,7,24H2,(H,26,27);1-2,4,6,8-10,14H,3,5,7H2,(H,19,20);5-7H,15H2,1-4H3;1-3H,9H2;3*1H4/t20-;14-;;;;;/m00...../s1. The van der Waals surface area contributed by atoms with Gasteiger partial charge in [-0.15, -0.1) is 0 Å². The molecule has 2 aliphatic carbocycles. The number of aromatic nitrogens is 2. The molecule has 5 aromatic carbocycles. The van der Waals surface area contributed by atoms with Gasteiger partial charge in [0.2, 0.25) is 0 Å². The number of nitrogen functional groups attached to an aromatic ring is 3. The average Bonchev–Trinajstić information content (AvgIpc) is 3.60. The van der Waals surface area contributed by atoms with Crippen molar-refractivity contribution < 1.29 is 18.9 Å². The lowest BCUT2D eigenvalue weighted by molar-refractivity contribution is 0.00578. The zero-order valence-corrected chi connectivity index (χ0v) is 46.3. The van der Waals surface area contributed by atoms with Gasteiger partial charge in [-0.05, 0) is 199 Å². The normalized spacial score (nSPS) is 16.2. The predicted octanol–water partition coefficient (Wildman–Crippen LogP) is 15.3. The van der Waals surface area contributed by atoms with Crippen LogP contribution in [0.3, 0.4) is 0 Å². The first kappa shape index (κ1) is 63.1. The molecular formula is C59H69BBr2Cl3N7O4. The van der Waals surface area contributed by atoms with Crippen LogP contribution in [0.2, 0.25) is 15.1 Å². The number of hydrogen-bond acceptors (Lipinski definition) is 9. The number of benzene rings is 5. The Hall–Kier alpha value is -5.45. The second-order valence-corrected chi connectivity index (χ2v) is 21.8. The van der Waals surface area contributed by atoms with Gasteiger partial charge in [0.15, 0.2) is 0 Å². The molecule has 3 heterocycles. The highest BCUT2D eigenvalue weighted by Crippen LogP contribution is 2.37. The van der Waals surface area contributed by atoms with Gasteiger partial charge in [0, 0.05) is 71.1 Å². The quantitative estimate of drug-likeness (QED) is 0.0615. The topological polar surface area (TPSA) is 180 Å². The van der Waals surface area contributed by atoms with Crippen LogP contribution in [-0.2, 0) is 22.2 Å². The maximum absolute atomic E-state index is 12.9. The number of rotatable bonds is 6. The Morgan fingerprint density at radius 3 is 1.57 bits per heavy atom. The maximum atomic E-state index is 12.9. The minimum Gasteiger partial charge on any atom is -0.399 e. The molecule has 1 aliphatic heterocycles. The second kappa shape index (κ2) is 28.3. The van der Waals surface area contributed by atoms with Crippen LogP contribution >= 0.6 is 66.7 Å². The summed E-state index contributed by atoms with van der Waals surface area (Å²) in [6, 6.07) is 39.6. The zero-order valence-electron chi connectivity index (χ0n) is 40.9. The minimum atomic E-state index is -0.460. The van der Waals surface area contributed by atoms with Crippen LogP contribution in [0.15, 0.2) is 149 Å². The molecule has 2 atom stereocenters. The number of nitrogens with two attached hydrogens (primary N) is 3. The van der Waals surface area contributed by atoms with Crippen molar-refractivity contribution in [2.24, 2.45) is 0 Å². The largest absolute Gasteiger partial charge is 0.497 e. The number of amides is 2. The van der Waals surface area contributed by atoms with Gasteiger partial charge < -0.3 is 37.1 Å². The molecule has 3 aliphatic rings. The Bertz CT molecular complexity index is 3080. The third kappa shape index (κ3) is 16.3. The molecular weight excluding hydrogens is 1150 g/mol. The molecule has 0 bridgehead atoms. The minimum absolute atomic E-state index is 0. The fraction of sp³-hybridized carbons (Fsp3) is 0.288. The van der Waals surface area contributed by atoms with Crippen molar-refractivity contribution in [1.29, 1.82) is 0 Å². The zero-order chi connectivity index (χ0) is 52.5. The van der Waals surface area contributed by atoms with Crippen molar-refractivity contribution in [3.8, 4) is 11.3 Å². The number of fused-ring (bicyclic) bond motifs is 2. The monoisotopic (exact) mass is 1210 g/mol. The van der Waals surface area contributed by atoms with Gasteiger partial charge in [0.1, 0.15) is 4.60 Å². The molecule has 76 heavy (non-hydrogen) atoms. The van der Waals surface area contributed by atoms with Crippen molar-refractivity contribution in [2.45, 2.75) is 112 Å². The molecule has 11 nitrogen and oxygen atoms in total. The van der Waals surface area contributed by atoms with Gasteiger partial charge in [-0.1, -0.05) is 106 Å². The highest BCUT2D eigenvalue weighted by molar-refractivity contribution is 9.10. The number of anilines is 3. The first-order chi connectivity index (χ1) is 34.8. The van der Waals surface area contributed by atoms with E-state index in [1.54, 1.807) is 91.3 Å². The van der Waals surface area contributed by atoms with Crippen LogP contribution in [0.5, 0.6) is 0 Å². The van der Waals surface area contributed by atoms with Gasteiger partial charge in [-0.25, -0.2) is 4.98 Å². The number of pyridine rings is 2. The highest BCUT2D eigenvalue weighted by atomic mass is 79.9. The number of hydrogen-bond donors (Lipinski definition) is 5. The van der Waals surface area contributed by atoms with Gasteiger partial charge in [-0.2, -0.15) is 0 Å². The molecule has 0 spiro atoms. The van der Waals surface area contributed by atoms with Gasteiger partial charge in [0.05, 0.1) is 29.0 Å². The summed E-state index contributed by atoms with van der Waals surface area (Å²) in [5, 5.41) is 8.20. The fourth-order valence-electron chi connectivity index (χ4n) is 8.53. The van der Waals surface area contributed by atoms with E-state index in [0.29, 0.717) is 53.6 Å². The Labute approximate surface area is 481 Å². The summed E-state index contributed by atoms with van der Waals surface area (Å²) in [6.07, 6.45) is 9.55. The van der Waals surface area contributed by atoms with E-state index in [-0.39, 0.29) is 57.4 Å². The lowest BCUT2D eigenvalue weighted by Crippen LogP contribution is -2.41. The van der Waals surface area contributed by atoms with E-state index in [1.165, 1.54) is 22.3 Å². The van der Waals surface area contributed by atoms with Crippen LogP contribution in [-0.4, -0.2) is 40.1 Å². The maximum Gasteiger partial charge on any atom is 0.497 e. The second-order valence-electron chi connectivity index (χ2n) is 18.8. The van der Waals surface area contributed by atoms with E-state index >= 15 is 0 Å². The smallest absolute Gasteiger partial charge is 0.399 e. The molecule has 8 N–H and O–H groups in total. The van der Waals surface area contributed by atoms with Crippen LogP contribution in [0.25, 0.3) is 11.3 Å². The SMILES string of the molecule is C.C.C.CC1(C)OB(c2cc(Cl)ccc2N)OC1(C)C.Nc1ccc(Cl)cc1-c1cc(C(=O)N[C@H]2CCCc3ccccc32)ccn1.Nc1ccc(Cl)cc1Br.O=C(N[C@H]1CCCc2ccccc21)c1ccnc(Br)c1. The average molecular weight is 1220 g/mol. The molecule has 2 aromatic heterocycles. The molecule has 7 aromatic rings. The number of aryl methyl sites for hydroxylation is 2. The third-order valence-electron chi connectivity index (χ3n) is 13.2. The van der Waals surface area contributed by atoms with Gasteiger partial charge in [0.25, 0.3) is 11.8 Å². The highest BCUT2D eigenvalue weighted by Gasteiger charge is 2.52. The molecule has 0 saturated carbocycles. The van der Waals surface area contributed by atoms with Gasteiger partial charge >= 0.3 is 7.12 Å². The van der Waals surface area contributed by atoms with E-state index in [1.807, 2.05) is 45.9 Å². The van der Waals surface area contributed by atoms with Crippen molar-refractivity contribution in [3.05, 3.63) is 197 Å². The molecule has 10 rings (SSSR count). The number of nitrogens with zero attached hydrogens (tertiary/aromatic N) is 2. The molecule has 0 radical (unpaired) electrons. The molecule has 17 heteroatoms. The summed E-state index contributed by atoms with van der Waals surface area (Å²) >= 11 is 24.2. The molecule has 1 fully saturated rings. The summed E-state index contributed by atoms with van der Waals surface area (Å²) < 4.78 is 13.4. The first-order valence-corrected chi connectivity index (χ1v) is 26.5. The number of halogens is 5. The summed E-state index contributed by atoms with van der Waals surface area (Å²) in [6.45, 7) is 8.03. The summed E-state index contributed by atoms with van der Waals surface area (Å²) in [5.41, 5.74) is 27.1. The summed E-state index contributed by atoms with van der Waals surface area (Å²) in [5.74, 6) is -0.157. The molecule has 1 saturated heterocycles. The molecule has 2 amide bonds. The lowest BCUT2D eigenvalue weighted by atomic mass is 9.78. The summed E-state index contributed by atoms with van der Waals surface area (Å²) in [4.78, 5) is 33.6. The van der Waals surface area contributed by atoms with Crippen molar-refractivity contribution in [1.82, 2.24) is 20.6 Å². The number of carbonyl (C=O) groups excluding carboxylic acids is 2. The van der Waals surface area contributed by atoms with E-state index in [9.17, 15) is 9.59 Å². The molecule has 402 valence electrons. The van der Waals surface area contributed by atoms with Crippen LogP contribution in [0.1, 0.15) is 131 Å². The third-order valence-corrected chi connectivity index (χ3v) is 15.0. The number of carbonyl (C=O) groups is 2.